The molecule has 8 heteroatoms. The fourth-order valence-corrected chi connectivity index (χ4v) is 5.63. The van der Waals surface area contributed by atoms with Crippen LogP contribution in [0.3, 0.4) is 0 Å². The number of aromatic hydroxyl groups is 1. The Morgan fingerprint density at radius 3 is 1.59 bits per heavy atom. The molecule has 1 N–H and O–H groups in total. The number of hydrogen-bond acceptors (Lipinski definition) is 8. The van der Waals surface area contributed by atoms with Gasteiger partial charge in [-0.05, 0) is 77.9 Å². The standard InChI is InChI=1S/C36H28O8/c1-39-25-8-3-22(4-9-25)20-41-27-12-15-31-33(18-27)43-34-19-28(42-21-23-5-10-26(40-2)11-6-23)13-16-32(34)36(31)30-14-7-24(37)17-29(30)35(38)44-36/h3-19,37H,20-21H2,1-2H3. The lowest BCUT2D eigenvalue weighted by Gasteiger charge is -2.36. The third-order valence-corrected chi connectivity index (χ3v) is 7.86. The van der Waals surface area contributed by atoms with Crippen LogP contribution in [0, 0.1) is 0 Å². The van der Waals surface area contributed by atoms with Crippen molar-refractivity contribution in [2.75, 3.05) is 14.2 Å². The summed E-state index contributed by atoms with van der Waals surface area (Å²) in [4.78, 5) is 13.2. The maximum Gasteiger partial charge on any atom is 0.340 e. The van der Waals surface area contributed by atoms with Crippen LogP contribution < -0.4 is 23.7 Å². The molecule has 2 heterocycles. The van der Waals surface area contributed by atoms with Crippen LogP contribution in [0.25, 0.3) is 0 Å². The summed E-state index contributed by atoms with van der Waals surface area (Å²) in [6.45, 7) is 0.676. The van der Waals surface area contributed by atoms with Gasteiger partial charge in [0.25, 0.3) is 0 Å². The molecule has 5 aromatic carbocycles. The Morgan fingerprint density at radius 2 is 1.09 bits per heavy atom. The highest BCUT2D eigenvalue weighted by molar-refractivity contribution is 5.97. The number of phenolic OH excluding ortho intramolecular Hbond substituents is 1. The van der Waals surface area contributed by atoms with E-state index >= 15 is 0 Å². The van der Waals surface area contributed by atoms with Crippen molar-refractivity contribution in [2.24, 2.45) is 0 Å². The molecular weight excluding hydrogens is 560 g/mol. The van der Waals surface area contributed by atoms with Gasteiger partial charge in [0.15, 0.2) is 5.60 Å². The summed E-state index contributed by atoms with van der Waals surface area (Å²) >= 11 is 0. The minimum absolute atomic E-state index is 0.0187. The number of esters is 1. The molecule has 2 aliphatic heterocycles. The summed E-state index contributed by atoms with van der Waals surface area (Å²) in [6.07, 6.45) is 0. The number of hydrogen-bond donors (Lipinski definition) is 1. The van der Waals surface area contributed by atoms with Crippen molar-refractivity contribution in [1.82, 2.24) is 0 Å². The minimum atomic E-state index is -1.29. The molecule has 0 atom stereocenters. The Labute approximate surface area is 253 Å². The van der Waals surface area contributed by atoms with Crippen LogP contribution in [0.2, 0.25) is 0 Å². The van der Waals surface area contributed by atoms with Crippen molar-refractivity contribution in [2.45, 2.75) is 18.8 Å². The molecule has 220 valence electrons. The smallest absolute Gasteiger partial charge is 0.340 e. The van der Waals surface area contributed by atoms with Crippen molar-refractivity contribution in [3.63, 3.8) is 0 Å². The molecule has 0 bridgehead atoms. The number of benzene rings is 5. The molecule has 0 amide bonds. The largest absolute Gasteiger partial charge is 0.508 e. The first-order valence-electron chi connectivity index (χ1n) is 14.0. The summed E-state index contributed by atoms with van der Waals surface area (Å²) < 4.78 is 35.4. The van der Waals surface area contributed by atoms with Crippen LogP contribution in [0.4, 0.5) is 0 Å². The number of ether oxygens (including phenoxy) is 6. The molecule has 2 aliphatic rings. The van der Waals surface area contributed by atoms with Gasteiger partial charge in [0.05, 0.1) is 19.8 Å². The fraction of sp³-hybridized carbons (Fsp3) is 0.139. The van der Waals surface area contributed by atoms with E-state index in [9.17, 15) is 9.90 Å². The van der Waals surface area contributed by atoms with E-state index < -0.39 is 11.6 Å². The molecule has 0 aromatic heterocycles. The molecule has 0 fully saturated rings. The van der Waals surface area contributed by atoms with E-state index in [0.717, 1.165) is 22.6 Å². The molecule has 0 saturated carbocycles. The number of methoxy groups -OCH3 is 2. The minimum Gasteiger partial charge on any atom is -0.508 e. The number of fused-ring (bicyclic) bond motifs is 6. The molecule has 7 rings (SSSR count). The molecule has 0 unspecified atom stereocenters. The third-order valence-electron chi connectivity index (χ3n) is 7.86. The Bertz CT molecular complexity index is 1760. The molecule has 0 radical (unpaired) electrons. The fourth-order valence-electron chi connectivity index (χ4n) is 5.63. The zero-order chi connectivity index (χ0) is 30.3. The normalized spacial score (nSPS) is 13.6. The van der Waals surface area contributed by atoms with Gasteiger partial charge in [0.1, 0.15) is 53.5 Å². The van der Waals surface area contributed by atoms with Crippen LogP contribution >= 0.6 is 0 Å². The zero-order valence-electron chi connectivity index (χ0n) is 24.0. The van der Waals surface area contributed by atoms with Crippen molar-refractivity contribution < 1.29 is 38.3 Å². The van der Waals surface area contributed by atoms with Crippen molar-refractivity contribution in [3.8, 4) is 40.2 Å². The number of carbonyl (C=O) groups is 1. The molecule has 0 saturated heterocycles. The van der Waals surface area contributed by atoms with E-state index in [0.29, 0.717) is 58.5 Å². The van der Waals surface area contributed by atoms with Gasteiger partial charge in [-0.3, -0.25) is 0 Å². The quantitative estimate of drug-likeness (QED) is 0.191. The van der Waals surface area contributed by atoms with Gasteiger partial charge < -0.3 is 33.5 Å². The van der Waals surface area contributed by atoms with Crippen LogP contribution in [-0.2, 0) is 23.6 Å². The van der Waals surface area contributed by atoms with Crippen LogP contribution in [-0.4, -0.2) is 25.3 Å². The first-order valence-corrected chi connectivity index (χ1v) is 14.0. The second-order valence-electron chi connectivity index (χ2n) is 10.5. The van der Waals surface area contributed by atoms with Crippen molar-refractivity contribution in [3.05, 3.63) is 137 Å². The maximum absolute atomic E-state index is 13.2. The second kappa shape index (κ2) is 10.9. The van der Waals surface area contributed by atoms with Crippen LogP contribution in [0.5, 0.6) is 40.2 Å². The predicted octanol–water partition coefficient (Wildman–Crippen LogP) is 7.14. The lowest BCUT2D eigenvalue weighted by atomic mass is 9.77. The van der Waals surface area contributed by atoms with Gasteiger partial charge in [-0.2, -0.15) is 0 Å². The first kappa shape index (κ1) is 27.2. The van der Waals surface area contributed by atoms with E-state index in [4.69, 9.17) is 28.4 Å². The predicted molar refractivity (Wildman–Crippen MR) is 161 cm³/mol. The summed E-state index contributed by atoms with van der Waals surface area (Å²) in [5.41, 5.74) is 2.87. The average molecular weight is 589 g/mol. The molecule has 0 aliphatic carbocycles. The van der Waals surface area contributed by atoms with Gasteiger partial charge in [-0.25, -0.2) is 4.79 Å². The van der Waals surface area contributed by atoms with E-state index in [2.05, 4.69) is 0 Å². The number of carbonyl (C=O) groups excluding carboxylic acids is 1. The highest BCUT2D eigenvalue weighted by Gasteiger charge is 2.53. The average Bonchev–Trinajstić information content (AvgIpc) is 3.34. The van der Waals surface area contributed by atoms with Gasteiger partial charge in [0, 0.05) is 28.8 Å². The highest BCUT2D eigenvalue weighted by Crippen LogP contribution is 2.57. The van der Waals surface area contributed by atoms with Gasteiger partial charge in [-0.1, -0.05) is 24.3 Å². The molecule has 5 aromatic rings. The molecular formula is C36H28O8. The van der Waals surface area contributed by atoms with E-state index in [1.807, 2.05) is 72.8 Å². The van der Waals surface area contributed by atoms with Crippen molar-refractivity contribution in [1.29, 1.82) is 0 Å². The van der Waals surface area contributed by atoms with Crippen LogP contribution in [0.1, 0.15) is 38.2 Å². The Hall–Kier alpha value is -5.63. The van der Waals surface area contributed by atoms with E-state index in [1.165, 1.54) is 6.07 Å². The monoisotopic (exact) mass is 588 g/mol. The summed E-state index contributed by atoms with van der Waals surface area (Å²) in [7, 11) is 3.25. The Kier molecular flexibility index (Phi) is 6.74. The third kappa shape index (κ3) is 4.70. The highest BCUT2D eigenvalue weighted by atomic mass is 16.6. The van der Waals surface area contributed by atoms with E-state index in [-0.39, 0.29) is 5.75 Å². The zero-order valence-corrected chi connectivity index (χ0v) is 24.0. The Morgan fingerprint density at radius 1 is 0.614 bits per heavy atom. The first-order chi connectivity index (χ1) is 21.5. The summed E-state index contributed by atoms with van der Waals surface area (Å²) in [5.74, 6) is 3.11. The van der Waals surface area contributed by atoms with Gasteiger partial charge in [0.2, 0.25) is 0 Å². The van der Waals surface area contributed by atoms with Crippen molar-refractivity contribution >= 4 is 5.97 Å². The number of phenols is 1. The molecule has 1 spiro atoms. The molecule has 8 nitrogen and oxygen atoms in total. The SMILES string of the molecule is COc1ccc(COc2ccc3c(c2)Oc2cc(OCc4ccc(OC)cc4)ccc2C32OC(=O)c3cc(O)ccc32)cc1. The van der Waals surface area contributed by atoms with Crippen LogP contribution in [0.15, 0.2) is 103 Å². The topological polar surface area (TPSA) is 92.7 Å². The lowest BCUT2D eigenvalue weighted by molar-refractivity contribution is 0.0224. The summed E-state index contributed by atoms with van der Waals surface area (Å²) in [5, 5.41) is 10.1. The van der Waals surface area contributed by atoms with Gasteiger partial charge >= 0.3 is 5.97 Å². The molecule has 44 heavy (non-hydrogen) atoms. The lowest BCUT2D eigenvalue weighted by Crippen LogP contribution is -2.33. The maximum atomic E-state index is 13.2. The number of rotatable bonds is 8. The van der Waals surface area contributed by atoms with E-state index in [1.54, 1.807) is 38.5 Å². The Balaban J connectivity index is 1.24. The summed E-state index contributed by atoms with van der Waals surface area (Å²) in [6, 6.07) is 30.9. The van der Waals surface area contributed by atoms with Gasteiger partial charge in [-0.15, -0.1) is 0 Å². The second-order valence-corrected chi connectivity index (χ2v) is 10.5.